The molecule has 0 saturated heterocycles. The number of methoxy groups -OCH3 is 1. The van der Waals surface area contributed by atoms with Gasteiger partial charge in [0.15, 0.2) is 0 Å². The van der Waals surface area contributed by atoms with Crippen molar-refractivity contribution in [3.8, 4) is 11.5 Å². The molecule has 0 heterocycles. The molecule has 0 saturated carbocycles. The number of carbonyl (C=O) groups is 2. The summed E-state index contributed by atoms with van der Waals surface area (Å²) in [5.74, 6) is -0.290. The Hall–Kier alpha value is -2.04. The molecular weight excluding hydrogens is 198 g/mol. The highest BCUT2D eigenvalue weighted by Crippen LogP contribution is 2.34. The smallest absolute Gasteiger partial charge is 0.221 e. The molecule has 1 aromatic carbocycles. The molecule has 0 radical (unpaired) electrons. The molecule has 0 aliphatic carbocycles. The van der Waals surface area contributed by atoms with Crippen molar-refractivity contribution in [3.05, 3.63) is 17.7 Å². The van der Waals surface area contributed by atoms with E-state index in [0.29, 0.717) is 6.29 Å². The van der Waals surface area contributed by atoms with Crippen LogP contribution in [0.5, 0.6) is 11.5 Å². The van der Waals surface area contributed by atoms with Crippen molar-refractivity contribution < 1.29 is 19.4 Å². The van der Waals surface area contributed by atoms with Gasteiger partial charge >= 0.3 is 0 Å². The molecule has 2 N–H and O–H groups in total. The number of phenolic OH excluding ortho intramolecular Hbond substituents is 1. The van der Waals surface area contributed by atoms with Crippen LogP contribution in [0.15, 0.2) is 12.1 Å². The van der Waals surface area contributed by atoms with Crippen molar-refractivity contribution in [3.63, 3.8) is 0 Å². The molecule has 80 valence electrons. The number of nitrogens with one attached hydrogen (secondary N) is 1. The molecule has 5 heteroatoms. The normalized spacial score (nSPS) is 9.47. The van der Waals surface area contributed by atoms with Crippen LogP contribution < -0.4 is 10.1 Å². The predicted molar refractivity (Wildman–Crippen MR) is 54.4 cm³/mol. The van der Waals surface area contributed by atoms with Crippen LogP contribution >= 0.6 is 0 Å². The van der Waals surface area contributed by atoms with E-state index >= 15 is 0 Å². The Morgan fingerprint density at radius 3 is 2.67 bits per heavy atom. The fraction of sp³-hybridized carbons (Fsp3) is 0.200. The second kappa shape index (κ2) is 4.45. The van der Waals surface area contributed by atoms with Crippen LogP contribution in [0.1, 0.15) is 17.3 Å². The number of rotatable bonds is 3. The van der Waals surface area contributed by atoms with Crippen molar-refractivity contribution in [1.82, 2.24) is 0 Å². The average molecular weight is 209 g/mol. The number of ether oxygens (including phenoxy) is 1. The first-order valence-electron chi connectivity index (χ1n) is 4.22. The van der Waals surface area contributed by atoms with Gasteiger partial charge in [0.05, 0.1) is 7.11 Å². The van der Waals surface area contributed by atoms with Crippen molar-refractivity contribution in [1.29, 1.82) is 0 Å². The molecule has 0 spiro atoms. The van der Waals surface area contributed by atoms with Gasteiger partial charge < -0.3 is 15.2 Å². The molecule has 0 aliphatic heterocycles. The topological polar surface area (TPSA) is 75.6 Å². The van der Waals surface area contributed by atoms with Gasteiger partial charge in [-0.05, 0) is 12.1 Å². The van der Waals surface area contributed by atoms with Gasteiger partial charge in [-0.3, -0.25) is 9.59 Å². The van der Waals surface area contributed by atoms with Gasteiger partial charge in [0.1, 0.15) is 23.5 Å². The van der Waals surface area contributed by atoms with Crippen LogP contribution in [0.2, 0.25) is 0 Å². The number of carbonyl (C=O) groups excluding carboxylic acids is 2. The SMILES string of the molecule is COc1cc(C=O)cc(O)c1NC(C)=O. The highest BCUT2D eigenvalue weighted by molar-refractivity contribution is 5.93. The quantitative estimate of drug-likeness (QED) is 0.578. The van der Waals surface area contributed by atoms with Crippen molar-refractivity contribution in [2.24, 2.45) is 0 Å². The number of phenols is 1. The van der Waals surface area contributed by atoms with E-state index in [1.54, 1.807) is 0 Å². The fourth-order valence-corrected chi connectivity index (χ4v) is 1.15. The predicted octanol–water partition coefficient (Wildman–Crippen LogP) is 1.17. The summed E-state index contributed by atoms with van der Waals surface area (Å²) in [6, 6.07) is 2.68. The van der Waals surface area contributed by atoms with Crippen LogP contribution in [-0.4, -0.2) is 24.4 Å². The molecule has 15 heavy (non-hydrogen) atoms. The first-order chi connectivity index (χ1) is 7.08. The fourth-order valence-electron chi connectivity index (χ4n) is 1.15. The summed E-state index contributed by atoms with van der Waals surface area (Å²) in [7, 11) is 1.38. The lowest BCUT2D eigenvalue weighted by Crippen LogP contribution is -2.07. The number of aromatic hydroxyl groups is 1. The molecule has 0 unspecified atom stereocenters. The number of anilines is 1. The van der Waals surface area contributed by atoms with E-state index in [0.717, 1.165) is 0 Å². The third-order valence-corrected chi connectivity index (χ3v) is 1.76. The summed E-state index contributed by atoms with van der Waals surface area (Å²) < 4.78 is 4.94. The van der Waals surface area contributed by atoms with Crippen LogP contribution in [0.25, 0.3) is 0 Å². The number of benzene rings is 1. The summed E-state index contributed by atoms with van der Waals surface area (Å²) in [5, 5.41) is 11.9. The summed E-state index contributed by atoms with van der Waals surface area (Å²) >= 11 is 0. The van der Waals surface area contributed by atoms with Crippen LogP contribution in [0, 0.1) is 0 Å². The van der Waals surface area contributed by atoms with E-state index < -0.39 is 0 Å². The Morgan fingerprint density at radius 1 is 1.53 bits per heavy atom. The van der Waals surface area contributed by atoms with Gasteiger partial charge in [-0.2, -0.15) is 0 Å². The molecular formula is C10H11NO4. The second-order valence-corrected chi connectivity index (χ2v) is 2.92. The van der Waals surface area contributed by atoms with Crippen LogP contribution in [0.4, 0.5) is 5.69 Å². The van der Waals surface area contributed by atoms with E-state index in [4.69, 9.17) is 4.74 Å². The second-order valence-electron chi connectivity index (χ2n) is 2.92. The van der Waals surface area contributed by atoms with E-state index in [1.807, 2.05) is 0 Å². The van der Waals surface area contributed by atoms with Gasteiger partial charge in [-0.15, -0.1) is 0 Å². The van der Waals surface area contributed by atoms with E-state index in [2.05, 4.69) is 5.32 Å². The molecule has 1 amide bonds. The van der Waals surface area contributed by atoms with Crippen molar-refractivity contribution in [2.45, 2.75) is 6.92 Å². The number of hydrogen-bond donors (Lipinski definition) is 2. The summed E-state index contributed by atoms with van der Waals surface area (Å²) in [4.78, 5) is 21.3. The Labute approximate surface area is 86.7 Å². The Morgan fingerprint density at radius 2 is 2.20 bits per heavy atom. The molecule has 1 rings (SSSR count). The lowest BCUT2D eigenvalue weighted by molar-refractivity contribution is -0.114. The van der Waals surface area contributed by atoms with Gasteiger partial charge in [0, 0.05) is 12.5 Å². The van der Waals surface area contributed by atoms with E-state index in [-0.39, 0.29) is 28.7 Å². The number of amides is 1. The van der Waals surface area contributed by atoms with E-state index in [9.17, 15) is 14.7 Å². The molecule has 0 aliphatic rings. The summed E-state index contributed by atoms with van der Waals surface area (Å²) in [6.07, 6.45) is 0.583. The monoisotopic (exact) mass is 209 g/mol. The van der Waals surface area contributed by atoms with Gasteiger partial charge in [0.25, 0.3) is 0 Å². The molecule has 1 aromatic rings. The molecule has 0 fully saturated rings. The minimum atomic E-state index is -0.331. The number of hydrogen-bond acceptors (Lipinski definition) is 4. The largest absolute Gasteiger partial charge is 0.506 e. The Bertz CT molecular complexity index is 401. The number of aldehydes is 1. The molecule has 0 bridgehead atoms. The van der Waals surface area contributed by atoms with E-state index in [1.165, 1.54) is 26.2 Å². The third kappa shape index (κ3) is 2.46. The molecule has 5 nitrogen and oxygen atoms in total. The van der Waals surface area contributed by atoms with Crippen molar-refractivity contribution >= 4 is 17.9 Å². The first kappa shape index (κ1) is 11.0. The maximum absolute atomic E-state index is 10.8. The van der Waals surface area contributed by atoms with Crippen LogP contribution in [-0.2, 0) is 4.79 Å². The lowest BCUT2D eigenvalue weighted by atomic mass is 10.2. The Kier molecular flexibility index (Phi) is 3.28. The van der Waals surface area contributed by atoms with Crippen molar-refractivity contribution in [2.75, 3.05) is 12.4 Å². The zero-order valence-electron chi connectivity index (χ0n) is 8.40. The molecule has 0 aromatic heterocycles. The molecule has 0 atom stereocenters. The summed E-state index contributed by atoms with van der Waals surface area (Å²) in [5.41, 5.74) is 0.439. The first-order valence-corrected chi connectivity index (χ1v) is 4.22. The van der Waals surface area contributed by atoms with Gasteiger partial charge in [-0.25, -0.2) is 0 Å². The average Bonchev–Trinajstić information content (AvgIpc) is 2.20. The minimum absolute atomic E-state index is 0.163. The highest BCUT2D eigenvalue weighted by Gasteiger charge is 2.11. The minimum Gasteiger partial charge on any atom is -0.506 e. The highest BCUT2D eigenvalue weighted by atomic mass is 16.5. The Balaban J connectivity index is 3.23. The van der Waals surface area contributed by atoms with Crippen LogP contribution in [0.3, 0.4) is 0 Å². The zero-order valence-corrected chi connectivity index (χ0v) is 8.40. The maximum atomic E-state index is 10.8. The zero-order chi connectivity index (χ0) is 11.4. The van der Waals surface area contributed by atoms with Gasteiger partial charge in [-0.1, -0.05) is 0 Å². The van der Waals surface area contributed by atoms with Gasteiger partial charge in [0.2, 0.25) is 5.91 Å². The maximum Gasteiger partial charge on any atom is 0.221 e. The standard InChI is InChI=1S/C10H11NO4/c1-6(13)11-10-8(14)3-7(5-12)4-9(10)15-2/h3-5,14H,1-2H3,(H,11,13). The third-order valence-electron chi connectivity index (χ3n) is 1.76. The lowest BCUT2D eigenvalue weighted by Gasteiger charge is -2.11. The summed E-state index contributed by atoms with van der Waals surface area (Å²) in [6.45, 7) is 1.31.